The first-order valence-corrected chi connectivity index (χ1v) is 19.5. The van der Waals surface area contributed by atoms with Crippen LogP contribution in [-0.2, 0) is 16.0 Å². The van der Waals surface area contributed by atoms with Crippen LogP contribution in [0.1, 0.15) is 136 Å². The average molecular weight is 659 g/mol. The summed E-state index contributed by atoms with van der Waals surface area (Å²) >= 11 is 0. The molecule has 8 unspecified atom stereocenters. The monoisotopic (exact) mass is 658 g/mol. The van der Waals surface area contributed by atoms with Crippen molar-refractivity contribution in [3.8, 4) is 5.75 Å². The third-order valence-electron chi connectivity index (χ3n) is 13.8. The number of rotatable bonds is 11. The zero-order valence-corrected chi connectivity index (χ0v) is 31.0. The van der Waals surface area contributed by atoms with E-state index in [1.54, 1.807) is 6.07 Å². The summed E-state index contributed by atoms with van der Waals surface area (Å²) in [6.45, 7) is 16.3. The fraction of sp³-hybridized carbons (Fsp3) is 0.721. The molecule has 264 valence electrons. The van der Waals surface area contributed by atoms with Crippen molar-refractivity contribution in [1.82, 2.24) is 0 Å². The summed E-state index contributed by atoms with van der Waals surface area (Å²) < 4.78 is 17.4. The third kappa shape index (κ3) is 7.04. The molecule has 4 aliphatic rings. The summed E-state index contributed by atoms with van der Waals surface area (Å²) in [5, 5.41) is 0.901. The van der Waals surface area contributed by atoms with Crippen molar-refractivity contribution in [3.63, 3.8) is 0 Å². The highest BCUT2D eigenvalue weighted by Crippen LogP contribution is 2.65. The van der Waals surface area contributed by atoms with E-state index in [-0.39, 0.29) is 29.7 Å². The number of carbonyl (C=O) groups excluding carboxylic acids is 1. The molecule has 3 fully saturated rings. The minimum absolute atomic E-state index is 0.0901. The molecule has 5 nitrogen and oxygen atoms in total. The molecule has 0 radical (unpaired) electrons. The fourth-order valence-electron chi connectivity index (χ4n) is 11.0. The minimum Gasteiger partial charge on any atom is -0.482 e. The zero-order chi connectivity index (χ0) is 34.2. The van der Waals surface area contributed by atoms with Gasteiger partial charge >= 0.3 is 11.6 Å². The molecule has 0 amide bonds. The SMILES string of the molecule is CCCc1c(C)c2ccc(OCC(=O)OC3CCC4(C)C(=CCC5C6CCC(C(C)CCCC(C)C)CC6(C)CCC54)C3)cc2oc1=O. The van der Waals surface area contributed by atoms with Crippen LogP contribution in [0.2, 0.25) is 0 Å². The second kappa shape index (κ2) is 14.4. The Kier molecular flexibility index (Phi) is 10.5. The first-order chi connectivity index (χ1) is 22.9. The molecule has 1 aromatic heterocycles. The second-order valence-electron chi connectivity index (χ2n) is 17.3. The quantitative estimate of drug-likeness (QED) is 0.137. The Morgan fingerprint density at radius 3 is 2.62 bits per heavy atom. The van der Waals surface area contributed by atoms with E-state index in [1.807, 2.05) is 19.1 Å². The summed E-state index contributed by atoms with van der Waals surface area (Å²) in [4.78, 5) is 25.5. The van der Waals surface area contributed by atoms with Gasteiger partial charge in [-0.1, -0.05) is 78.9 Å². The van der Waals surface area contributed by atoms with Gasteiger partial charge in [0.05, 0.1) is 0 Å². The Hall–Kier alpha value is -2.56. The topological polar surface area (TPSA) is 65.7 Å². The number of hydrogen-bond donors (Lipinski definition) is 0. The molecule has 8 atom stereocenters. The van der Waals surface area contributed by atoms with Gasteiger partial charge in [0.15, 0.2) is 6.61 Å². The number of benzene rings is 1. The normalized spacial score (nSPS) is 32.2. The maximum Gasteiger partial charge on any atom is 0.344 e. The van der Waals surface area contributed by atoms with Crippen LogP contribution in [0.5, 0.6) is 5.75 Å². The average Bonchev–Trinajstić information content (AvgIpc) is 3.04. The van der Waals surface area contributed by atoms with Crippen molar-refractivity contribution >= 4 is 16.9 Å². The molecular weight excluding hydrogens is 596 g/mol. The molecule has 4 aliphatic carbocycles. The molecular formula is C43H62O5. The van der Waals surface area contributed by atoms with E-state index in [1.165, 1.54) is 63.4 Å². The smallest absolute Gasteiger partial charge is 0.344 e. The number of aryl methyl sites for hydroxylation is 1. The summed E-state index contributed by atoms with van der Waals surface area (Å²) in [6, 6.07) is 5.45. The van der Waals surface area contributed by atoms with E-state index in [9.17, 15) is 9.59 Å². The lowest BCUT2D eigenvalue weighted by molar-refractivity contribution is -0.154. The highest BCUT2D eigenvalue weighted by Gasteiger charge is 2.56. The van der Waals surface area contributed by atoms with Crippen molar-refractivity contribution in [2.75, 3.05) is 6.61 Å². The van der Waals surface area contributed by atoms with Gasteiger partial charge in [0, 0.05) is 23.4 Å². The molecule has 2 aromatic rings. The van der Waals surface area contributed by atoms with Crippen molar-refractivity contribution in [1.29, 1.82) is 0 Å². The summed E-state index contributed by atoms with van der Waals surface area (Å²) in [6.07, 6.45) is 19.3. The van der Waals surface area contributed by atoms with E-state index >= 15 is 0 Å². The number of carbonyl (C=O) groups is 1. The van der Waals surface area contributed by atoms with Crippen LogP contribution in [0, 0.1) is 53.3 Å². The van der Waals surface area contributed by atoms with Crippen molar-refractivity contribution in [2.24, 2.45) is 46.3 Å². The fourth-order valence-corrected chi connectivity index (χ4v) is 11.0. The maximum absolute atomic E-state index is 13.0. The predicted molar refractivity (Wildman–Crippen MR) is 194 cm³/mol. The molecule has 3 saturated carbocycles. The Morgan fingerprint density at radius 1 is 1.04 bits per heavy atom. The molecule has 1 aromatic carbocycles. The molecule has 0 N–H and O–H groups in total. The Bertz CT molecular complexity index is 1550. The van der Waals surface area contributed by atoms with Crippen LogP contribution in [-0.4, -0.2) is 18.7 Å². The Morgan fingerprint density at radius 2 is 1.85 bits per heavy atom. The van der Waals surface area contributed by atoms with Crippen molar-refractivity contribution in [2.45, 2.75) is 144 Å². The van der Waals surface area contributed by atoms with Crippen LogP contribution in [0.3, 0.4) is 0 Å². The molecule has 0 spiro atoms. The first-order valence-electron chi connectivity index (χ1n) is 19.5. The first kappa shape index (κ1) is 35.3. The summed E-state index contributed by atoms with van der Waals surface area (Å²) in [5.41, 5.74) is 4.14. The number of hydrogen-bond acceptors (Lipinski definition) is 5. The molecule has 5 heteroatoms. The third-order valence-corrected chi connectivity index (χ3v) is 13.8. The second-order valence-corrected chi connectivity index (χ2v) is 17.3. The molecule has 0 bridgehead atoms. The summed E-state index contributed by atoms with van der Waals surface area (Å²) in [5.74, 6) is 5.15. The maximum atomic E-state index is 13.0. The van der Waals surface area contributed by atoms with Gasteiger partial charge in [-0.25, -0.2) is 9.59 Å². The van der Waals surface area contributed by atoms with Gasteiger partial charge in [0.1, 0.15) is 17.4 Å². The van der Waals surface area contributed by atoms with Gasteiger partial charge in [-0.2, -0.15) is 0 Å². The van der Waals surface area contributed by atoms with Gasteiger partial charge in [0.2, 0.25) is 0 Å². The number of fused-ring (bicyclic) bond motifs is 6. The van der Waals surface area contributed by atoms with Gasteiger partial charge in [0.25, 0.3) is 0 Å². The highest BCUT2D eigenvalue weighted by molar-refractivity contribution is 5.82. The van der Waals surface area contributed by atoms with E-state index in [0.717, 1.165) is 77.7 Å². The zero-order valence-electron chi connectivity index (χ0n) is 31.0. The van der Waals surface area contributed by atoms with Crippen LogP contribution in [0.15, 0.2) is 39.1 Å². The van der Waals surface area contributed by atoms with Gasteiger partial charge in [-0.05, 0) is 129 Å². The lowest BCUT2D eigenvalue weighted by Gasteiger charge is -2.61. The number of ether oxygens (including phenoxy) is 2. The molecule has 0 aliphatic heterocycles. The van der Waals surface area contributed by atoms with Gasteiger partial charge in [-0.3, -0.25) is 0 Å². The number of esters is 1. The van der Waals surface area contributed by atoms with Crippen LogP contribution in [0.25, 0.3) is 11.0 Å². The van der Waals surface area contributed by atoms with E-state index in [0.29, 0.717) is 23.2 Å². The van der Waals surface area contributed by atoms with Crippen molar-refractivity contribution in [3.05, 3.63) is 51.4 Å². The molecule has 1 heterocycles. The van der Waals surface area contributed by atoms with Crippen molar-refractivity contribution < 1.29 is 18.7 Å². The molecule has 48 heavy (non-hydrogen) atoms. The highest BCUT2D eigenvalue weighted by atomic mass is 16.6. The van der Waals surface area contributed by atoms with E-state index in [4.69, 9.17) is 13.9 Å². The molecule has 0 saturated heterocycles. The lowest BCUT2D eigenvalue weighted by atomic mass is 9.44. The minimum atomic E-state index is -0.336. The van der Waals surface area contributed by atoms with E-state index < -0.39 is 0 Å². The van der Waals surface area contributed by atoms with Crippen LogP contribution in [0.4, 0.5) is 0 Å². The van der Waals surface area contributed by atoms with Gasteiger partial charge < -0.3 is 13.9 Å². The largest absolute Gasteiger partial charge is 0.482 e. The Balaban J connectivity index is 1.03. The predicted octanol–water partition coefficient (Wildman–Crippen LogP) is 10.8. The molecule has 6 rings (SSSR count). The number of allylic oxidation sites excluding steroid dienone is 1. The van der Waals surface area contributed by atoms with Gasteiger partial charge in [-0.15, -0.1) is 0 Å². The Labute approximate surface area is 289 Å². The standard InChI is InChI=1S/C43H62O5/c1-8-10-35-29(5)34-17-15-32(24-39(34)48-41(35)45)46-26-40(44)47-33-19-22-43(7)31(23-33)14-16-36-37-18-13-30(28(4)12-9-11-27(2)3)25-42(37,6)21-20-38(36)43/h14-15,17,24,27-28,30,33,36-38H,8-13,16,18-23,25-26H2,1-7H3. The summed E-state index contributed by atoms with van der Waals surface area (Å²) in [7, 11) is 0. The van der Waals surface area contributed by atoms with Crippen LogP contribution >= 0.6 is 0 Å². The van der Waals surface area contributed by atoms with E-state index in [2.05, 4.69) is 47.6 Å². The lowest BCUT2D eigenvalue weighted by Crippen LogP contribution is -2.52. The van der Waals surface area contributed by atoms with Crippen LogP contribution < -0.4 is 10.4 Å².